The molecule has 0 aromatic heterocycles. The van der Waals surface area contributed by atoms with Gasteiger partial charge in [-0.1, -0.05) is 26.8 Å². The van der Waals surface area contributed by atoms with Gasteiger partial charge in [0, 0.05) is 12.1 Å². The average Bonchev–Trinajstić information content (AvgIpc) is 3.00. The lowest BCUT2D eigenvalue weighted by atomic mass is 9.83. The highest BCUT2D eigenvalue weighted by Gasteiger charge is 2.53. The number of amides is 2. The Morgan fingerprint density at radius 1 is 1.33 bits per heavy atom. The van der Waals surface area contributed by atoms with Crippen molar-refractivity contribution in [3.05, 3.63) is 35.6 Å². The zero-order chi connectivity index (χ0) is 19.6. The monoisotopic (exact) mass is 376 g/mol. The maximum Gasteiger partial charge on any atom is 0.256 e. The van der Waals surface area contributed by atoms with Crippen molar-refractivity contribution in [1.82, 2.24) is 10.2 Å². The lowest BCUT2D eigenvalue weighted by Crippen LogP contribution is -2.57. The van der Waals surface area contributed by atoms with E-state index in [0.717, 1.165) is 12.8 Å². The smallest absolute Gasteiger partial charge is 0.256 e. The molecule has 2 amide bonds. The fourth-order valence-corrected chi connectivity index (χ4v) is 3.96. The van der Waals surface area contributed by atoms with E-state index >= 15 is 0 Å². The normalized spacial score (nSPS) is 28.0. The number of benzene rings is 1. The Balaban J connectivity index is 1.90. The van der Waals surface area contributed by atoms with Crippen molar-refractivity contribution < 1.29 is 18.7 Å². The zero-order valence-electron chi connectivity index (χ0n) is 16.3. The predicted octanol–water partition coefficient (Wildman–Crippen LogP) is 3.35. The standard InChI is InChI=1S/C21H29FN2O3/c1-14(2)12-23-19(25)18-13-27-21(9-7-15(3)8-10-21)24(18)20(26)16-5-4-6-17(22)11-16/h4-6,11,14-15,18H,7-10,12-13H2,1-3H3,(H,23,25). The molecule has 1 aliphatic heterocycles. The largest absolute Gasteiger partial charge is 0.354 e. The molecule has 3 rings (SSSR count). The fourth-order valence-electron chi connectivity index (χ4n) is 3.96. The number of rotatable bonds is 4. The van der Waals surface area contributed by atoms with Crippen molar-refractivity contribution in [3.8, 4) is 0 Å². The van der Waals surface area contributed by atoms with Crippen molar-refractivity contribution in [2.45, 2.75) is 58.2 Å². The molecule has 148 valence electrons. The first kappa shape index (κ1) is 19.8. The number of hydrogen-bond donors (Lipinski definition) is 1. The van der Waals surface area contributed by atoms with Gasteiger partial charge in [0.1, 0.15) is 17.6 Å². The molecule has 0 radical (unpaired) electrons. The van der Waals surface area contributed by atoms with Crippen molar-refractivity contribution in [2.24, 2.45) is 11.8 Å². The first-order valence-electron chi connectivity index (χ1n) is 9.83. The van der Waals surface area contributed by atoms with Gasteiger partial charge in [-0.05, 0) is 55.7 Å². The van der Waals surface area contributed by atoms with E-state index in [2.05, 4.69) is 12.2 Å². The molecule has 1 spiro atoms. The molecule has 5 nitrogen and oxygen atoms in total. The van der Waals surface area contributed by atoms with Gasteiger partial charge in [0.05, 0.1) is 6.61 Å². The van der Waals surface area contributed by atoms with Gasteiger partial charge in [-0.15, -0.1) is 0 Å². The average molecular weight is 376 g/mol. The van der Waals surface area contributed by atoms with Crippen LogP contribution in [0.25, 0.3) is 0 Å². The van der Waals surface area contributed by atoms with Crippen LogP contribution in [0.4, 0.5) is 4.39 Å². The van der Waals surface area contributed by atoms with Gasteiger partial charge in [0.15, 0.2) is 0 Å². The van der Waals surface area contributed by atoms with E-state index in [-0.39, 0.29) is 24.0 Å². The SMILES string of the molecule is CC(C)CNC(=O)C1COC2(CCC(C)CC2)N1C(=O)c1cccc(F)c1. The second-order valence-corrected chi connectivity index (χ2v) is 8.28. The predicted molar refractivity (Wildman–Crippen MR) is 101 cm³/mol. The summed E-state index contributed by atoms with van der Waals surface area (Å²) >= 11 is 0. The van der Waals surface area contributed by atoms with Gasteiger partial charge in [-0.25, -0.2) is 4.39 Å². The molecule has 1 saturated heterocycles. The summed E-state index contributed by atoms with van der Waals surface area (Å²) in [5, 5.41) is 2.92. The molecule has 2 fully saturated rings. The highest BCUT2D eigenvalue weighted by Crippen LogP contribution is 2.43. The number of nitrogens with zero attached hydrogens (tertiary/aromatic N) is 1. The first-order chi connectivity index (χ1) is 12.8. The third kappa shape index (κ3) is 4.15. The molecule has 1 aromatic rings. The van der Waals surface area contributed by atoms with E-state index < -0.39 is 17.6 Å². The van der Waals surface area contributed by atoms with Gasteiger partial charge in [-0.2, -0.15) is 0 Å². The lowest BCUT2D eigenvalue weighted by molar-refractivity contribution is -0.128. The van der Waals surface area contributed by atoms with Crippen LogP contribution in [0.3, 0.4) is 0 Å². The molecule has 1 heterocycles. The highest BCUT2D eigenvalue weighted by molar-refractivity contribution is 5.98. The van der Waals surface area contributed by atoms with Crippen molar-refractivity contribution >= 4 is 11.8 Å². The number of halogens is 1. The van der Waals surface area contributed by atoms with Crippen LogP contribution in [0, 0.1) is 17.7 Å². The summed E-state index contributed by atoms with van der Waals surface area (Å²) < 4.78 is 19.8. The Bertz CT molecular complexity index is 698. The van der Waals surface area contributed by atoms with Crippen LogP contribution in [-0.2, 0) is 9.53 Å². The van der Waals surface area contributed by atoms with Crippen molar-refractivity contribution in [3.63, 3.8) is 0 Å². The quantitative estimate of drug-likeness (QED) is 0.877. The van der Waals surface area contributed by atoms with Gasteiger partial charge in [0.2, 0.25) is 5.91 Å². The van der Waals surface area contributed by atoms with Gasteiger partial charge < -0.3 is 10.1 Å². The van der Waals surface area contributed by atoms with Crippen molar-refractivity contribution in [1.29, 1.82) is 0 Å². The summed E-state index contributed by atoms with van der Waals surface area (Å²) in [7, 11) is 0. The Morgan fingerprint density at radius 2 is 2.04 bits per heavy atom. The maximum atomic E-state index is 13.7. The van der Waals surface area contributed by atoms with Gasteiger partial charge in [-0.3, -0.25) is 14.5 Å². The number of hydrogen-bond acceptors (Lipinski definition) is 3. The van der Waals surface area contributed by atoms with Crippen LogP contribution in [-0.4, -0.2) is 41.6 Å². The van der Waals surface area contributed by atoms with E-state index in [1.54, 1.807) is 11.0 Å². The summed E-state index contributed by atoms with van der Waals surface area (Å²) in [5.74, 6) is -0.129. The number of carbonyl (C=O) groups excluding carboxylic acids is 2. The number of nitrogens with one attached hydrogen (secondary N) is 1. The first-order valence-corrected chi connectivity index (χ1v) is 9.83. The van der Waals surface area contributed by atoms with E-state index in [9.17, 15) is 14.0 Å². The summed E-state index contributed by atoms with van der Waals surface area (Å²) in [6.07, 6.45) is 3.27. The Labute approximate surface area is 160 Å². The Hall–Kier alpha value is -1.95. The molecular formula is C21H29FN2O3. The minimum atomic E-state index is -0.768. The number of ether oxygens (including phenoxy) is 1. The van der Waals surface area contributed by atoms with Crippen LogP contribution in [0.1, 0.15) is 56.8 Å². The van der Waals surface area contributed by atoms with E-state index in [1.807, 2.05) is 13.8 Å². The second kappa shape index (κ2) is 7.97. The summed E-state index contributed by atoms with van der Waals surface area (Å²) in [6, 6.07) is 4.95. The third-order valence-corrected chi connectivity index (χ3v) is 5.59. The van der Waals surface area contributed by atoms with Gasteiger partial charge >= 0.3 is 0 Å². The molecule has 1 aliphatic carbocycles. The molecule has 1 atom stereocenters. The molecule has 27 heavy (non-hydrogen) atoms. The minimum absolute atomic E-state index is 0.180. The molecule has 1 N–H and O–H groups in total. The van der Waals surface area contributed by atoms with E-state index in [1.165, 1.54) is 18.2 Å². The van der Waals surface area contributed by atoms with Crippen LogP contribution in [0.2, 0.25) is 0 Å². The van der Waals surface area contributed by atoms with Crippen molar-refractivity contribution in [2.75, 3.05) is 13.2 Å². The highest BCUT2D eigenvalue weighted by atomic mass is 19.1. The van der Waals surface area contributed by atoms with E-state index in [0.29, 0.717) is 31.2 Å². The Morgan fingerprint density at radius 3 is 2.67 bits per heavy atom. The van der Waals surface area contributed by atoms with E-state index in [4.69, 9.17) is 4.74 Å². The molecular weight excluding hydrogens is 347 g/mol. The maximum absolute atomic E-state index is 13.7. The topological polar surface area (TPSA) is 58.6 Å². The molecule has 1 aromatic carbocycles. The summed E-state index contributed by atoms with van der Waals surface area (Å²) in [5.41, 5.74) is -0.518. The molecule has 0 bridgehead atoms. The fraction of sp³-hybridized carbons (Fsp3) is 0.619. The molecule has 6 heteroatoms. The van der Waals surface area contributed by atoms with Crippen LogP contribution in [0.15, 0.2) is 24.3 Å². The lowest BCUT2D eigenvalue weighted by Gasteiger charge is -2.43. The molecule has 2 aliphatic rings. The zero-order valence-corrected chi connectivity index (χ0v) is 16.3. The van der Waals surface area contributed by atoms with Crippen LogP contribution >= 0.6 is 0 Å². The Kier molecular flexibility index (Phi) is 5.84. The second-order valence-electron chi connectivity index (χ2n) is 8.28. The van der Waals surface area contributed by atoms with Crippen LogP contribution < -0.4 is 5.32 Å². The van der Waals surface area contributed by atoms with Crippen LogP contribution in [0.5, 0.6) is 0 Å². The van der Waals surface area contributed by atoms with Gasteiger partial charge in [0.25, 0.3) is 5.91 Å². The summed E-state index contributed by atoms with van der Waals surface area (Å²) in [6.45, 7) is 6.95. The summed E-state index contributed by atoms with van der Waals surface area (Å²) in [4.78, 5) is 27.7. The minimum Gasteiger partial charge on any atom is -0.354 e. The molecule has 1 saturated carbocycles. The third-order valence-electron chi connectivity index (χ3n) is 5.59. The molecule has 1 unspecified atom stereocenters. The number of carbonyl (C=O) groups is 2.